The van der Waals surface area contributed by atoms with Crippen LogP contribution in [-0.4, -0.2) is 52.0 Å². The fraction of sp³-hybridized carbons (Fsp3) is 0.400. The molecule has 2 saturated heterocycles. The number of nitrogens with zero attached hydrogens (tertiary/aromatic N) is 2. The van der Waals surface area contributed by atoms with Crippen LogP contribution in [0, 0.1) is 10.8 Å². The molecule has 5 nitrogen and oxygen atoms in total. The van der Waals surface area contributed by atoms with Gasteiger partial charge in [0.1, 0.15) is 0 Å². The zero-order valence-corrected chi connectivity index (χ0v) is 20.3. The lowest BCUT2D eigenvalue weighted by molar-refractivity contribution is -0.153. The van der Waals surface area contributed by atoms with E-state index in [1.165, 1.54) is 0 Å². The van der Waals surface area contributed by atoms with Crippen LogP contribution in [-0.2, 0) is 4.79 Å². The standard InChI is InChI=1S/C25H30N4OS2/c1-3-14-25-17-28(22(31)26-19-10-6-4-7-11-19)15-24(2,21(25)30)16-29(18-25)23(32)27-20-12-8-5-9-13-20/h4-13H,3,14-18H2,1-2H3,(H,26,31)(H,27,32). The van der Waals surface area contributed by atoms with Crippen molar-refractivity contribution < 1.29 is 4.79 Å². The number of Topliss-reactive ketones (excluding diaryl/α,β-unsaturated/α-hetero) is 1. The number of benzene rings is 2. The predicted octanol–water partition coefficient (Wildman–Crippen LogP) is 4.77. The first-order valence-electron chi connectivity index (χ1n) is 11.1. The van der Waals surface area contributed by atoms with Crippen LogP contribution in [0.3, 0.4) is 0 Å². The monoisotopic (exact) mass is 466 g/mol. The van der Waals surface area contributed by atoms with Crippen LogP contribution in [0.1, 0.15) is 26.7 Å². The molecule has 0 radical (unpaired) electrons. The van der Waals surface area contributed by atoms with E-state index < -0.39 is 10.8 Å². The van der Waals surface area contributed by atoms with E-state index in [-0.39, 0.29) is 0 Å². The smallest absolute Gasteiger partial charge is 0.173 e. The Morgan fingerprint density at radius 1 is 0.844 bits per heavy atom. The molecular formula is C25H30N4OS2. The van der Waals surface area contributed by atoms with E-state index in [2.05, 4.69) is 34.3 Å². The molecule has 32 heavy (non-hydrogen) atoms. The zero-order chi connectivity index (χ0) is 22.8. The van der Waals surface area contributed by atoms with Crippen LogP contribution in [0.5, 0.6) is 0 Å². The SMILES string of the molecule is CCCC12CN(C(=S)Nc3ccccc3)CC(C)(CN(C(=S)Nc3ccccc3)C1)C2=O. The number of thiocarbonyl (C=S) groups is 2. The number of ketones is 1. The van der Waals surface area contributed by atoms with Gasteiger partial charge in [-0.1, -0.05) is 49.7 Å². The van der Waals surface area contributed by atoms with Crippen molar-refractivity contribution in [3.8, 4) is 0 Å². The number of hydrogen-bond donors (Lipinski definition) is 2. The molecule has 7 heteroatoms. The van der Waals surface area contributed by atoms with Crippen LogP contribution >= 0.6 is 24.4 Å². The number of fused-ring (bicyclic) bond motifs is 2. The molecule has 4 rings (SSSR count). The minimum Gasteiger partial charge on any atom is -0.347 e. The normalized spacial score (nSPS) is 24.8. The fourth-order valence-electron chi connectivity index (χ4n) is 5.20. The maximum absolute atomic E-state index is 13.7. The molecule has 2 N–H and O–H groups in total. The fourth-order valence-corrected chi connectivity index (χ4v) is 5.69. The van der Waals surface area contributed by atoms with Crippen molar-refractivity contribution in [1.29, 1.82) is 0 Å². The summed E-state index contributed by atoms with van der Waals surface area (Å²) in [6.07, 6.45) is 1.75. The summed E-state index contributed by atoms with van der Waals surface area (Å²) in [6.45, 7) is 6.59. The number of nitrogens with one attached hydrogen (secondary N) is 2. The van der Waals surface area contributed by atoms with Gasteiger partial charge in [-0.15, -0.1) is 0 Å². The number of piperidine rings is 2. The Morgan fingerprint density at radius 2 is 1.28 bits per heavy atom. The second kappa shape index (κ2) is 9.16. The number of carbonyl (C=O) groups excluding carboxylic acids is 1. The topological polar surface area (TPSA) is 47.6 Å². The Kier molecular flexibility index (Phi) is 6.49. The van der Waals surface area contributed by atoms with Gasteiger partial charge in [0.2, 0.25) is 0 Å². The van der Waals surface area contributed by atoms with Gasteiger partial charge in [-0.2, -0.15) is 0 Å². The van der Waals surface area contributed by atoms with Crippen molar-refractivity contribution in [1.82, 2.24) is 9.80 Å². The molecule has 0 aliphatic carbocycles. The van der Waals surface area contributed by atoms with Crippen LogP contribution in [0.4, 0.5) is 11.4 Å². The van der Waals surface area contributed by atoms with E-state index in [4.69, 9.17) is 24.4 Å². The van der Waals surface area contributed by atoms with Gasteiger partial charge in [-0.3, -0.25) is 4.79 Å². The van der Waals surface area contributed by atoms with E-state index >= 15 is 0 Å². The van der Waals surface area contributed by atoms with Crippen molar-refractivity contribution in [2.75, 3.05) is 36.8 Å². The molecule has 0 atom stereocenters. The van der Waals surface area contributed by atoms with Gasteiger partial charge in [0.15, 0.2) is 16.0 Å². The van der Waals surface area contributed by atoms with Crippen LogP contribution in [0.15, 0.2) is 60.7 Å². The molecule has 0 aromatic heterocycles. The molecule has 2 aromatic rings. The second-order valence-electron chi connectivity index (χ2n) is 9.22. The summed E-state index contributed by atoms with van der Waals surface area (Å²) in [4.78, 5) is 18.1. The Morgan fingerprint density at radius 3 is 1.69 bits per heavy atom. The number of para-hydroxylation sites is 2. The van der Waals surface area contributed by atoms with Gasteiger partial charge in [0, 0.05) is 37.6 Å². The average Bonchev–Trinajstić information content (AvgIpc) is 2.77. The third-order valence-electron chi connectivity index (χ3n) is 6.45. The van der Waals surface area contributed by atoms with Gasteiger partial charge in [-0.05, 0) is 62.0 Å². The number of anilines is 2. The lowest BCUT2D eigenvalue weighted by Crippen LogP contribution is -2.71. The molecule has 2 aliphatic heterocycles. The maximum Gasteiger partial charge on any atom is 0.173 e. The van der Waals surface area contributed by atoms with Gasteiger partial charge >= 0.3 is 0 Å². The van der Waals surface area contributed by atoms with E-state index in [1.54, 1.807) is 0 Å². The number of likely N-dealkylation sites (tertiary alicyclic amines) is 2. The summed E-state index contributed by atoms with van der Waals surface area (Å²) in [5.41, 5.74) is 0.884. The van der Waals surface area contributed by atoms with Gasteiger partial charge < -0.3 is 20.4 Å². The number of carbonyl (C=O) groups is 1. The Bertz CT molecular complexity index is 930. The molecule has 2 heterocycles. The first-order chi connectivity index (χ1) is 15.3. The maximum atomic E-state index is 13.7. The van der Waals surface area contributed by atoms with Crippen LogP contribution in [0.2, 0.25) is 0 Å². The van der Waals surface area contributed by atoms with Crippen molar-refractivity contribution in [3.05, 3.63) is 60.7 Å². The summed E-state index contributed by atoms with van der Waals surface area (Å²) >= 11 is 11.6. The number of rotatable bonds is 4. The highest BCUT2D eigenvalue weighted by Crippen LogP contribution is 2.45. The highest BCUT2D eigenvalue weighted by Gasteiger charge is 2.58. The third kappa shape index (κ3) is 4.50. The summed E-state index contributed by atoms with van der Waals surface area (Å²) in [6, 6.07) is 19.9. The number of hydrogen-bond acceptors (Lipinski definition) is 3. The average molecular weight is 467 g/mol. The Hall–Kier alpha value is -2.51. The molecule has 2 aliphatic rings. The van der Waals surface area contributed by atoms with Gasteiger partial charge in [0.05, 0.1) is 10.8 Å². The molecular weight excluding hydrogens is 436 g/mol. The summed E-state index contributed by atoms with van der Waals surface area (Å²) < 4.78 is 0. The van der Waals surface area contributed by atoms with Gasteiger partial charge in [0.25, 0.3) is 0 Å². The first-order valence-corrected chi connectivity index (χ1v) is 11.9. The molecule has 0 amide bonds. The lowest BCUT2D eigenvalue weighted by Gasteiger charge is -2.57. The predicted molar refractivity (Wildman–Crippen MR) is 139 cm³/mol. The van der Waals surface area contributed by atoms with Crippen LogP contribution in [0.25, 0.3) is 0 Å². The molecule has 2 bridgehead atoms. The minimum absolute atomic E-state index is 0.351. The van der Waals surface area contributed by atoms with Crippen molar-refractivity contribution in [2.45, 2.75) is 26.7 Å². The van der Waals surface area contributed by atoms with E-state index in [9.17, 15) is 4.79 Å². The molecule has 0 saturated carbocycles. The van der Waals surface area contributed by atoms with E-state index in [0.717, 1.165) is 24.2 Å². The largest absolute Gasteiger partial charge is 0.347 e. The van der Waals surface area contributed by atoms with E-state index in [1.807, 2.05) is 60.7 Å². The Balaban J connectivity index is 1.56. The van der Waals surface area contributed by atoms with Crippen LogP contribution < -0.4 is 10.6 Å². The molecule has 0 spiro atoms. The minimum atomic E-state index is -0.545. The van der Waals surface area contributed by atoms with Gasteiger partial charge in [-0.25, -0.2) is 0 Å². The Labute approximate surface area is 201 Å². The third-order valence-corrected chi connectivity index (χ3v) is 7.17. The highest BCUT2D eigenvalue weighted by molar-refractivity contribution is 7.80. The summed E-state index contributed by atoms with van der Waals surface area (Å²) in [5, 5.41) is 8.06. The van der Waals surface area contributed by atoms with E-state index in [0.29, 0.717) is 42.2 Å². The zero-order valence-electron chi connectivity index (χ0n) is 18.6. The van der Waals surface area contributed by atoms with Crippen molar-refractivity contribution in [3.63, 3.8) is 0 Å². The molecule has 2 fully saturated rings. The first kappa shape index (κ1) is 22.7. The lowest BCUT2D eigenvalue weighted by atomic mass is 9.62. The highest BCUT2D eigenvalue weighted by atomic mass is 32.1. The van der Waals surface area contributed by atoms with Crippen molar-refractivity contribution in [2.24, 2.45) is 10.8 Å². The van der Waals surface area contributed by atoms with Crippen molar-refractivity contribution >= 4 is 51.8 Å². The quantitative estimate of drug-likeness (QED) is 0.629. The molecule has 0 unspecified atom stereocenters. The molecule has 2 aromatic carbocycles. The second-order valence-corrected chi connectivity index (χ2v) is 10.00. The summed E-state index contributed by atoms with van der Waals surface area (Å²) in [7, 11) is 0. The summed E-state index contributed by atoms with van der Waals surface area (Å²) in [5.74, 6) is 0.351. The molecule has 168 valence electrons.